The van der Waals surface area contributed by atoms with Crippen LogP contribution in [0, 0.1) is 0 Å². The van der Waals surface area contributed by atoms with Crippen molar-refractivity contribution in [3.05, 3.63) is 24.5 Å². The Balaban J connectivity index is 1.48. The van der Waals surface area contributed by atoms with Crippen molar-refractivity contribution in [3.63, 3.8) is 0 Å². The molecule has 1 fully saturated rings. The van der Waals surface area contributed by atoms with E-state index in [4.69, 9.17) is 9.57 Å². The number of pyridine rings is 1. The molecule has 112 valence electrons. The number of piperidine rings is 1. The van der Waals surface area contributed by atoms with Crippen molar-refractivity contribution < 1.29 is 14.4 Å². The Morgan fingerprint density at radius 3 is 2.67 bits per heavy atom. The summed E-state index contributed by atoms with van der Waals surface area (Å²) < 4.78 is 5.89. The van der Waals surface area contributed by atoms with Crippen molar-refractivity contribution in [2.24, 2.45) is 5.16 Å². The van der Waals surface area contributed by atoms with Gasteiger partial charge in [-0.1, -0.05) is 5.16 Å². The highest BCUT2D eigenvalue weighted by Crippen LogP contribution is 2.20. The third-order valence-corrected chi connectivity index (χ3v) is 3.80. The normalized spacial score (nSPS) is 22.6. The molecule has 21 heavy (non-hydrogen) atoms. The SMILES string of the molecule is CC1=NOC(C(=O)N2CCC(Oc3ccncc3)CC2)C1. The molecule has 3 heterocycles. The zero-order chi connectivity index (χ0) is 14.7. The van der Waals surface area contributed by atoms with Gasteiger partial charge in [0.15, 0.2) is 0 Å². The quantitative estimate of drug-likeness (QED) is 0.848. The van der Waals surface area contributed by atoms with Gasteiger partial charge in [0.05, 0.1) is 5.71 Å². The Bertz CT molecular complexity index is 524. The minimum atomic E-state index is -0.428. The summed E-state index contributed by atoms with van der Waals surface area (Å²) in [7, 11) is 0. The molecule has 1 saturated heterocycles. The van der Waals surface area contributed by atoms with Crippen molar-refractivity contribution in [2.45, 2.75) is 38.4 Å². The Labute approximate surface area is 123 Å². The topological polar surface area (TPSA) is 64.0 Å². The molecule has 0 radical (unpaired) electrons. The molecule has 1 amide bonds. The van der Waals surface area contributed by atoms with Gasteiger partial charge in [-0.2, -0.15) is 0 Å². The van der Waals surface area contributed by atoms with E-state index < -0.39 is 6.10 Å². The van der Waals surface area contributed by atoms with Crippen molar-refractivity contribution in [1.82, 2.24) is 9.88 Å². The number of aromatic nitrogens is 1. The molecule has 1 unspecified atom stereocenters. The Hall–Kier alpha value is -2.11. The van der Waals surface area contributed by atoms with Crippen LogP contribution in [0.4, 0.5) is 0 Å². The lowest BCUT2D eigenvalue weighted by atomic mass is 10.1. The highest BCUT2D eigenvalue weighted by molar-refractivity contribution is 5.91. The Morgan fingerprint density at radius 1 is 1.33 bits per heavy atom. The van der Waals surface area contributed by atoms with E-state index in [-0.39, 0.29) is 12.0 Å². The van der Waals surface area contributed by atoms with Crippen LogP contribution < -0.4 is 4.74 Å². The molecule has 2 aliphatic heterocycles. The summed E-state index contributed by atoms with van der Waals surface area (Å²) in [6, 6.07) is 3.70. The summed E-state index contributed by atoms with van der Waals surface area (Å²) in [6.07, 6.45) is 5.43. The van der Waals surface area contributed by atoms with Gasteiger partial charge in [0, 0.05) is 44.7 Å². The van der Waals surface area contributed by atoms with Crippen LogP contribution >= 0.6 is 0 Å². The highest BCUT2D eigenvalue weighted by atomic mass is 16.6. The van der Waals surface area contributed by atoms with Gasteiger partial charge >= 0.3 is 0 Å². The van der Waals surface area contributed by atoms with Gasteiger partial charge in [0.2, 0.25) is 6.10 Å². The van der Waals surface area contributed by atoms with E-state index in [1.807, 2.05) is 24.0 Å². The third kappa shape index (κ3) is 3.32. The number of oxime groups is 1. The van der Waals surface area contributed by atoms with Gasteiger partial charge in [0.1, 0.15) is 11.9 Å². The molecule has 0 N–H and O–H groups in total. The number of amides is 1. The third-order valence-electron chi connectivity index (χ3n) is 3.80. The predicted octanol–water partition coefficient (Wildman–Crippen LogP) is 1.62. The maximum atomic E-state index is 12.3. The summed E-state index contributed by atoms with van der Waals surface area (Å²) in [5.41, 5.74) is 0.879. The Kier molecular flexibility index (Phi) is 4.03. The lowest BCUT2D eigenvalue weighted by Crippen LogP contribution is -2.46. The van der Waals surface area contributed by atoms with Crippen LogP contribution in [0.1, 0.15) is 26.2 Å². The molecule has 2 aliphatic rings. The number of hydrogen-bond donors (Lipinski definition) is 0. The number of nitrogens with zero attached hydrogens (tertiary/aromatic N) is 3. The van der Waals surface area contributed by atoms with E-state index in [1.54, 1.807) is 12.4 Å². The van der Waals surface area contributed by atoms with E-state index >= 15 is 0 Å². The molecule has 3 rings (SSSR count). The number of carbonyl (C=O) groups excluding carboxylic acids is 1. The molecular weight excluding hydrogens is 270 g/mol. The molecular formula is C15H19N3O3. The first-order valence-corrected chi connectivity index (χ1v) is 7.27. The predicted molar refractivity (Wildman–Crippen MR) is 77.1 cm³/mol. The maximum Gasteiger partial charge on any atom is 0.266 e. The lowest BCUT2D eigenvalue weighted by Gasteiger charge is -2.33. The number of carbonyl (C=O) groups is 1. The average Bonchev–Trinajstić information content (AvgIpc) is 2.95. The fourth-order valence-electron chi connectivity index (χ4n) is 2.64. The molecule has 1 atom stereocenters. The first-order valence-electron chi connectivity index (χ1n) is 7.27. The average molecular weight is 289 g/mol. The maximum absolute atomic E-state index is 12.3. The van der Waals surface area contributed by atoms with E-state index in [0.29, 0.717) is 19.5 Å². The zero-order valence-electron chi connectivity index (χ0n) is 12.1. The van der Waals surface area contributed by atoms with Gasteiger partial charge in [-0.25, -0.2) is 0 Å². The molecule has 0 bridgehead atoms. The molecule has 0 spiro atoms. The first-order chi connectivity index (χ1) is 10.2. The molecule has 6 nitrogen and oxygen atoms in total. The van der Waals surface area contributed by atoms with E-state index in [1.165, 1.54) is 0 Å². The van der Waals surface area contributed by atoms with Crippen LogP contribution in [-0.4, -0.2) is 46.8 Å². The minimum absolute atomic E-state index is 0.0398. The molecule has 0 aliphatic carbocycles. The summed E-state index contributed by atoms with van der Waals surface area (Å²) in [5.74, 6) is 0.871. The van der Waals surface area contributed by atoms with Crippen LogP contribution in [0.2, 0.25) is 0 Å². The second kappa shape index (κ2) is 6.11. The number of rotatable bonds is 3. The van der Waals surface area contributed by atoms with E-state index in [9.17, 15) is 4.79 Å². The zero-order valence-corrected chi connectivity index (χ0v) is 12.1. The van der Waals surface area contributed by atoms with Gasteiger partial charge in [0.25, 0.3) is 5.91 Å². The number of ether oxygens (including phenoxy) is 1. The van der Waals surface area contributed by atoms with Gasteiger partial charge in [-0.3, -0.25) is 9.78 Å². The molecule has 0 aromatic carbocycles. The summed E-state index contributed by atoms with van der Waals surface area (Å²) >= 11 is 0. The Morgan fingerprint density at radius 2 is 2.05 bits per heavy atom. The number of hydrogen-bond acceptors (Lipinski definition) is 5. The summed E-state index contributed by atoms with van der Waals surface area (Å²) in [5, 5.41) is 3.84. The van der Waals surface area contributed by atoms with Crippen LogP contribution in [0.5, 0.6) is 5.75 Å². The molecule has 6 heteroatoms. The highest BCUT2D eigenvalue weighted by Gasteiger charge is 2.32. The van der Waals surface area contributed by atoms with Crippen LogP contribution in [0.25, 0.3) is 0 Å². The van der Waals surface area contributed by atoms with Crippen LogP contribution in [-0.2, 0) is 9.63 Å². The monoisotopic (exact) mass is 289 g/mol. The van der Waals surface area contributed by atoms with Crippen molar-refractivity contribution in [2.75, 3.05) is 13.1 Å². The van der Waals surface area contributed by atoms with Crippen molar-refractivity contribution in [1.29, 1.82) is 0 Å². The largest absolute Gasteiger partial charge is 0.490 e. The molecule has 0 saturated carbocycles. The van der Waals surface area contributed by atoms with Crippen molar-refractivity contribution >= 4 is 11.6 Å². The van der Waals surface area contributed by atoms with E-state index in [2.05, 4.69) is 10.1 Å². The summed E-state index contributed by atoms with van der Waals surface area (Å²) in [6.45, 7) is 3.28. The fourth-order valence-corrected chi connectivity index (χ4v) is 2.64. The number of likely N-dealkylation sites (tertiary alicyclic amines) is 1. The minimum Gasteiger partial charge on any atom is -0.490 e. The molecule has 1 aromatic rings. The van der Waals surface area contributed by atoms with Crippen LogP contribution in [0.15, 0.2) is 29.7 Å². The van der Waals surface area contributed by atoms with Gasteiger partial charge < -0.3 is 14.5 Å². The summed E-state index contributed by atoms with van der Waals surface area (Å²) in [4.78, 5) is 23.3. The fraction of sp³-hybridized carbons (Fsp3) is 0.533. The standard InChI is InChI=1S/C15H19N3O3/c1-11-10-14(21-17-11)15(19)18-8-4-13(5-9-18)20-12-2-6-16-7-3-12/h2-3,6-7,13-14H,4-5,8-10H2,1H3. The second-order valence-corrected chi connectivity index (χ2v) is 5.45. The van der Waals surface area contributed by atoms with Crippen molar-refractivity contribution in [3.8, 4) is 5.75 Å². The van der Waals surface area contributed by atoms with Gasteiger partial charge in [-0.15, -0.1) is 0 Å². The van der Waals surface area contributed by atoms with Crippen LogP contribution in [0.3, 0.4) is 0 Å². The smallest absolute Gasteiger partial charge is 0.266 e. The van der Waals surface area contributed by atoms with E-state index in [0.717, 1.165) is 24.3 Å². The lowest BCUT2D eigenvalue weighted by molar-refractivity contribution is -0.143. The molecule has 1 aromatic heterocycles. The second-order valence-electron chi connectivity index (χ2n) is 5.45. The first kappa shape index (κ1) is 13.9. The van der Waals surface area contributed by atoms with Gasteiger partial charge in [-0.05, 0) is 19.1 Å².